The van der Waals surface area contributed by atoms with E-state index in [2.05, 4.69) is 16.0 Å². The number of aliphatic carboxylic acids is 1. The molecule has 0 spiro atoms. The summed E-state index contributed by atoms with van der Waals surface area (Å²) in [5.74, 6) is -6.14. The summed E-state index contributed by atoms with van der Waals surface area (Å²) >= 11 is 0. The number of hydrogen-bond donors (Lipinski definition) is 12. The van der Waals surface area contributed by atoms with Gasteiger partial charge in [0.2, 0.25) is 36.4 Å². The molecule has 0 bridgehead atoms. The second kappa shape index (κ2) is 22.6. The molecule has 13 N–H and O–H groups in total. The molecule has 0 aliphatic carbocycles. The second-order valence-electron chi connectivity index (χ2n) is 9.16. The second-order valence-corrected chi connectivity index (χ2v) is 9.16. The summed E-state index contributed by atoms with van der Waals surface area (Å²) < 4.78 is 0. The van der Waals surface area contributed by atoms with Gasteiger partial charge in [-0.05, 0) is 45.1 Å². The van der Waals surface area contributed by atoms with Gasteiger partial charge >= 0.3 is 5.97 Å². The Morgan fingerprint density at radius 3 is 2.00 bits per heavy atom. The highest BCUT2D eigenvalue weighted by Gasteiger charge is 2.37. The third kappa shape index (κ3) is 15.7. The van der Waals surface area contributed by atoms with E-state index in [4.69, 9.17) is 10.9 Å². The Morgan fingerprint density at radius 2 is 1.44 bits per heavy atom. The molecule has 0 aromatic heterocycles. The van der Waals surface area contributed by atoms with Crippen molar-refractivity contribution in [3.05, 3.63) is 0 Å². The number of unbranched alkanes of at least 4 members (excludes halogenated alkanes) is 1. The Balaban J connectivity index is 5.69. The molecule has 0 aromatic carbocycles. The van der Waals surface area contributed by atoms with Crippen molar-refractivity contribution in [1.29, 1.82) is 0 Å². The Morgan fingerprint density at radius 1 is 0.814 bits per heavy atom. The third-order valence-electron chi connectivity index (χ3n) is 5.90. The molecular weight excluding hydrogens is 580 g/mol. The van der Waals surface area contributed by atoms with Crippen molar-refractivity contribution in [3.63, 3.8) is 0 Å². The van der Waals surface area contributed by atoms with Crippen LogP contribution >= 0.6 is 0 Å². The predicted octanol–water partition coefficient (Wildman–Crippen LogP) is -5.76. The van der Waals surface area contributed by atoms with Gasteiger partial charge in [-0.25, -0.2) is 15.3 Å². The minimum atomic E-state index is -2.52. The summed E-state index contributed by atoms with van der Waals surface area (Å²) in [6.07, 6.45) is -0.992. The van der Waals surface area contributed by atoms with Crippen LogP contribution in [0.1, 0.15) is 38.5 Å². The van der Waals surface area contributed by atoms with Gasteiger partial charge in [0, 0.05) is 19.6 Å². The van der Waals surface area contributed by atoms with Gasteiger partial charge in [-0.15, -0.1) is 0 Å². The molecule has 0 aliphatic heterocycles. The van der Waals surface area contributed by atoms with Gasteiger partial charge in [0.05, 0.1) is 6.61 Å². The number of carboxylic acids is 1. The lowest BCUT2D eigenvalue weighted by Crippen LogP contribution is -2.62. The first kappa shape index (κ1) is 39.0. The lowest BCUT2D eigenvalue weighted by molar-refractivity contribution is -0.152. The van der Waals surface area contributed by atoms with Crippen LogP contribution < -0.4 is 37.8 Å². The van der Waals surface area contributed by atoms with Crippen LogP contribution in [0, 0.1) is 0 Å². The van der Waals surface area contributed by atoms with Crippen molar-refractivity contribution in [3.8, 4) is 0 Å². The molecule has 0 aliphatic rings. The molecule has 20 nitrogen and oxygen atoms in total. The highest BCUT2D eigenvalue weighted by molar-refractivity contribution is 5.97. The quantitative estimate of drug-likeness (QED) is 0.0195. The Hall–Kier alpha value is -3.95. The lowest BCUT2D eigenvalue weighted by atomic mass is 10.1. The van der Waals surface area contributed by atoms with Crippen LogP contribution in [0.4, 0.5) is 0 Å². The number of aliphatic hydroxyl groups excluding tert-OH is 2. The van der Waals surface area contributed by atoms with Crippen molar-refractivity contribution in [2.45, 2.75) is 68.8 Å². The summed E-state index contributed by atoms with van der Waals surface area (Å²) in [5.41, 5.74) is 7.26. The lowest BCUT2D eigenvalue weighted by Gasteiger charge is -2.26. The van der Waals surface area contributed by atoms with Crippen molar-refractivity contribution < 1.29 is 59.3 Å². The largest absolute Gasteiger partial charge is 0.479 e. The highest BCUT2D eigenvalue weighted by Crippen LogP contribution is 2.04. The van der Waals surface area contributed by atoms with E-state index < -0.39 is 66.5 Å². The van der Waals surface area contributed by atoms with E-state index in [1.54, 1.807) is 0 Å². The molecule has 0 aromatic rings. The van der Waals surface area contributed by atoms with Gasteiger partial charge in [0.1, 0.15) is 24.2 Å². The van der Waals surface area contributed by atoms with E-state index in [9.17, 15) is 54.1 Å². The smallest absolute Gasteiger partial charge is 0.335 e. The molecule has 20 heteroatoms. The first-order valence-electron chi connectivity index (χ1n) is 13.3. The molecule has 246 valence electrons. The van der Waals surface area contributed by atoms with Crippen molar-refractivity contribution >= 4 is 42.4 Å². The van der Waals surface area contributed by atoms with E-state index in [1.165, 1.54) is 0 Å². The third-order valence-corrected chi connectivity index (χ3v) is 5.90. The fourth-order valence-electron chi connectivity index (χ4n) is 3.55. The Labute approximate surface area is 246 Å². The van der Waals surface area contributed by atoms with Gasteiger partial charge in [0.15, 0.2) is 6.10 Å². The number of carboxylic acid groups (broad SMARTS) is 1. The summed E-state index contributed by atoms with van der Waals surface area (Å²) in [4.78, 5) is 84.1. The summed E-state index contributed by atoms with van der Waals surface area (Å²) in [7, 11) is 0. The van der Waals surface area contributed by atoms with Crippen LogP contribution in [0.15, 0.2) is 0 Å². The van der Waals surface area contributed by atoms with Crippen molar-refractivity contribution in [2.24, 2.45) is 5.73 Å². The minimum Gasteiger partial charge on any atom is -0.479 e. The average molecular weight is 623 g/mol. The maximum absolute atomic E-state index is 12.9. The Bertz CT molecular complexity index is 912. The molecule has 5 unspecified atom stereocenters. The van der Waals surface area contributed by atoms with Crippen LogP contribution in [-0.4, -0.2) is 136 Å². The minimum absolute atomic E-state index is 0.0291. The van der Waals surface area contributed by atoms with Gasteiger partial charge < -0.3 is 52.8 Å². The maximum atomic E-state index is 12.9. The first-order valence-corrected chi connectivity index (χ1v) is 13.3. The zero-order valence-corrected chi connectivity index (χ0v) is 23.4. The molecule has 0 radical (unpaired) electrons. The van der Waals surface area contributed by atoms with Gasteiger partial charge in [-0.2, -0.15) is 0 Å². The van der Waals surface area contributed by atoms with Crippen LogP contribution in [0.2, 0.25) is 0 Å². The fraction of sp³-hybridized carbons (Fsp3) is 0.696. The monoisotopic (exact) mass is 622 g/mol. The zero-order valence-electron chi connectivity index (χ0n) is 23.4. The molecule has 0 heterocycles. The number of nitrogens with zero attached hydrogens (tertiary/aromatic N) is 1. The summed E-state index contributed by atoms with van der Waals surface area (Å²) in [5, 5.41) is 58.4. The van der Waals surface area contributed by atoms with E-state index >= 15 is 0 Å². The number of amides is 6. The summed E-state index contributed by atoms with van der Waals surface area (Å²) in [6, 6.07) is -6.53. The van der Waals surface area contributed by atoms with E-state index in [0.29, 0.717) is 24.4 Å². The SMILES string of the molecule is NCCCCNC(=O)C(CCCN(O)C=O)NC(=O)C(CO)NC(=O)C(NC(=O)C(CCCNO)NC=O)C(O)C(=O)O. The van der Waals surface area contributed by atoms with Crippen LogP contribution in [-0.2, 0) is 33.6 Å². The van der Waals surface area contributed by atoms with Crippen molar-refractivity contribution in [2.75, 3.05) is 32.8 Å². The number of carbonyl (C=O) groups is 7. The normalized spacial score (nSPS) is 14.2. The number of nitrogens with two attached hydrogens (primary N) is 1. The number of carbonyl (C=O) groups excluding carboxylic acids is 6. The standard InChI is InChI=1S/C23H42N8O12/c24-7-1-2-8-25-19(36)15(6-4-10-31(43)13-34)28-21(38)16(11-32)29-22(39)17(18(35)23(40)41)30-20(37)14(26-12-33)5-3-9-27-42/h12-18,27,32,35,42-43H,1-11,24H2,(H,25,36)(H,26,33)(H,28,38)(H,29,39)(H,30,37)(H,40,41). The first-order chi connectivity index (χ1) is 20.5. The van der Waals surface area contributed by atoms with Gasteiger partial charge in [-0.3, -0.25) is 34.0 Å². The van der Waals surface area contributed by atoms with Crippen LogP contribution in [0.25, 0.3) is 0 Å². The molecule has 0 saturated heterocycles. The zero-order chi connectivity index (χ0) is 32.8. The molecule has 5 atom stereocenters. The van der Waals surface area contributed by atoms with E-state index in [1.807, 2.05) is 16.1 Å². The fourth-order valence-corrected chi connectivity index (χ4v) is 3.55. The number of hydroxylamine groups is 3. The Kier molecular flexibility index (Phi) is 20.5. The van der Waals surface area contributed by atoms with E-state index in [-0.39, 0.29) is 58.1 Å². The van der Waals surface area contributed by atoms with Crippen LogP contribution in [0.3, 0.4) is 0 Å². The van der Waals surface area contributed by atoms with Crippen LogP contribution in [0.5, 0.6) is 0 Å². The molecular formula is C23H42N8O12. The molecule has 6 amide bonds. The van der Waals surface area contributed by atoms with Gasteiger partial charge in [0.25, 0.3) is 0 Å². The topological polar surface area (TPSA) is 322 Å². The molecule has 0 fully saturated rings. The van der Waals surface area contributed by atoms with Gasteiger partial charge in [-0.1, -0.05) is 0 Å². The number of aliphatic hydroxyl groups is 2. The number of nitrogens with one attached hydrogen (secondary N) is 6. The number of hydrogen-bond acceptors (Lipinski definition) is 13. The molecule has 0 saturated carbocycles. The highest BCUT2D eigenvalue weighted by atomic mass is 16.5. The summed E-state index contributed by atoms with van der Waals surface area (Å²) in [6.45, 7) is -0.596. The van der Waals surface area contributed by atoms with Crippen molar-refractivity contribution in [1.82, 2.24) is 37.1 Å². The predicted molar refractivity (Wildman–Crippen MR) is 144 cm³/mol. The molecule has 43 heavy (non-hydrogen) atoms. The maximum Gasteiger partial charge on any atom is 0.335 e. The number of rotatable bonds is 25. The average Bonchev–Trinajstić information content (AvgIpc) is 2.98. The molecule has 0 rings (SSSR count). The van der Waals surface area contributed by atoms with E-state index in [0.717, 1.165) is 0 Å².